The predicted octanol–water partition coefficient (Wildman–Crippen LogP) is 2.14. The number of aliphatic imine (C=N–C) groups is 1. The van der Waals surface area contributed by atoms with E-state index in [1.807, 2.05) is 59.5 Å². The summed E-state index contributed by atoms with van der Waals surface area (Å²) < 4.78 is 0. The molecule has 0 aliphatic carbocycles. The Bertz CT molecular complexity index is 878. The number of carbonyl (C=O) groups excluding carboxylic acids is 2. The molecule has 158 valence electrons. The van der Waals surface area contributed by atoms with Gasteiger partial charge in [0.05, 0.1) is 13.1 Å². The van der Waals surface area contributed by atoms with Crippen LogP contribution in [-0.2, 0) is 22.7 Å². The van der Waals surface area contributed by atoms with E-state index >= 15 is 0 Å². The lowest BCUT2D eigenvalue weighted by Gasteiger charge is -2.17. The standard InChI is InChI=1S/C23H29N5O2/c1-27(2)22(30)17-26-23(24-15-18-7-4-3-5-8-18)25-16-19-10-12-20(13-11-19)28-14-6-9-21(28)29/h3-5,7-8,10-13H,6,9,14-17H2,1-2H3,(H2,24,25,26). The Morgan fingerprint density at radius 2 is 1.77 bits per heavy atom. The Hall–Kier alpha value is -3.35. The number of benzene rings is 2. The molecular weight excluding hydrogens is 378 g/mol. The molecule has 7 nitrogen and oxygen atoms in total. The zero-order valence-corrected chi connectivity index (χ0v) is 17.6. The Morgan fingerprint density at radius 3 is 2.40 bits per heavy atom. The van der Waals surface area contributed by atoms with Crippen molar-refractivity contribution >= 4 is 23.5 Å². The third kappa shape index (κ3) is 6.07. The summed E-state index contributed by atoms with van der Waals surface area (Å²) in [6.07, 6.45) is 1.54. The Morgan fingerprint density at radius 1 is 1.03 bits per heavy atom. The van der Waals surface area contributed by atoms with Crippen molar-refractivity contribution in [3.63, 3.8) is 0 Å². The maximum Gasteiger partial charge on any atom is 0.241 e. The molecule has 1 heterocycles. The largest absolute Gasteiger partial charge is 0.352 e. The van der Waals surface area contributed by atoms with Crippen LogP contribution in [0.2, 0.25) is 0 Å². The fraction of sp³-hybridized carbons (Fsp3) is 0.348. The van der Waals surface area contributed by atoms with Gasteiger partial charge in [-0.05, 0) is 29.7 Å². The smallest absolute Gasteiger partial charge is 0.241 e. The molecule has 0 aromatic heterocycles. The van der Waals surface area contributed by atoms with E-state index in [4.69, 9.17) is 0 Å². The average Bonchev–Trinajstić information content (AvgIpc) is 3.19. The van der Waals surface area contributed by atoms with Gasteiger partial charge in [0.15, 0.2) is 5.96 Å². The Balaban J connectivity index is 1.61. The van der Waals surface area contributed by atoms with Crippen LogP contribution in [0.15, 0.2) is 59.6 Å². The van der Waals surface area contributed by atoms with E-state index in [0.717, 1.165) is 29.8 Å². The van der Waals surface area contributed by atoms with Crippen molar-refractivity contribution < 1.29 is 9.59 Å². The molecule has 1 fully saturated rings. The van der Waals surface area contributed by atoms with Crippen molar-refractivity contribution in [3.05, 3.63) is 65.7 Å². The number of anilines is 1. The first-order chi connectivity index (χ1) is 14.5. The lowest BCUT2D eigenvalue weighted by Crippen LogP contribution is -2.42. The highest BCUT2D eigenvalue weighted by molar-refractivity contribution is 5.95. The lowest BCUT2D eigenvalue weighted by atomic mass is 10.2. The second-order valence-electron chi connectivity index (χ2n) is 7.46. The number of amides is 2. The maximum absolute atomic E-state index is 11.9. The van der Waals surface area contributed by atoms with Gasteiger partial charge in [-0.2, -0.15) is 0 Å². The maximum atomic E-state index is 11.9. The molecule has 2 aromatic rings. The molecule has 0 atom stereocenters. The van der Waals surface area contributed by atoms with Gasteiger partial charge in [0.2, 0.25) is 11.8 Å². The number of carbonyl (C=O) groups is 2. The van der Waals surface area contributed by atoms with Gasteiger partial charge < -0.3 is 20.4 Å². The van der Waals surface area contributed by atoms with Gasteiger partial charge in [-0.15, -0.1) is 0 Å². The van der Waals surface area contributed by atoms with Crippen LogP contribution in [-0.4, -0.2) is 49.9 Å². The van der Waals surface area contributed by atoms with Crippen LogP contribution in [0.3, 0.4) is 0 Å². The Kier molecular flexibility index (Phi) is 7.43. The van der Waals surface area contributed by atoms with Crippen LogP contribution in [0.5, 0.6) is 0 Å². The van der Waals surface area contributed by atoms with E-state index in [-0.39, 0.29) is 18.4 Å². The summed E-state index contributed by atoms with van der Waals surface area (Å²) in [5.74, 6) is 0.739. The number of nitrogens with zero attached hydrogens (tertiary/aromatic N) is 3. The third-order valence-corrected chi connectivity index (χ3v) is 4.95. The molecule has 2 amide bonds. The van der Waals surface area contributed by atoms with Crippen LogP contribution in [0, 0.1) is 0 Å². The molecular formula is C23H29N5O2. The molecule has 0 saturated carbocycles. The molecule has 2 aromatic carbocycles. The van der Waals surface area contributed by atoms with E-state index in [1.54, 1.807) is 19.0 Å². The topological polar surface area (TPSA) is 77.0 Å². The van der Waals surface area contributed by atoms with Gasteiger partial charge in [-0.3, -0.25) is 9.59 Å². The number of guanidine groups is 1. The van der Waals surface area contributed by atoms with Crippen LogP contribution < -0.4 is 15.5 Å². The molecule has 0 spiro atoms. The van der Waals surface area contributed by atoms with Crippen molar-refractivity contribution in [2.24, 2.45) is 4.99 Å². The van der Waals surface area contributed by atoms with Crippen molar-refractivity contribution in [2.75, 3.05) is 32.1 Å². The highest BCUT2D eigenvalue weighted by atomic mass is 16.2. The molecule has 1 aliphatic heterocycles. The number of hydrogen-bond acceptors (Lipinski definition) is 3. The third-order valence-electron chi connectivity index (χ3n) is 4.95. The number of likely N-dealkylation sites (N-methyl/N-ethyl adjacent to an activating group) is 1. The second-order valence-corrected chi connectivity index (χ2v) is 7.46. The van der Waals surface area contributed by atoms with Gasteiger partial charge >= 0.3 is 0 Å². The van der Waals surface area contributed by atoms with Gasteiger partial charge in [0.25, 0.3) is 0 Å². The zero-order chi connectivity index (χ0) is 21.3. The lowest BCUT2D eigenvalue weighted by molar-refractivity contribution is -0.127. The van der Waals surface area contributed by atoms with Gasteiger partial charge in [-0.25, -0.2) is 4.99 Å². The van der Waals surface area contributed by atoms with E-state index in [1.165, 1.54) is 0 Å². The normalized spacial score (nSPS) is 14.0. The highest BCUT2D eigenvalue weighted by Gasteiger charge is 2.21. The number of rotatable bonds is 7. The minimum Gasteiger partial charge on any atom is -0.352 e. The van der Waals surface area contributed by atoms with Crippen LogP contribution in [0.4, 0.5) is 5.69 Å². The van der Waals surface area contributed by atoms with Crippen LogP contribution in [0.1, 0.15) is 24.0 Å². The first-order valence-corrected chi connectivity index (χ1v) is 10.2. The molecule has 3 rings (SSSR count). The molecule has 30 heavy (non-hydrogen) atoms. The monoisotopic (exact) mass is 407 g/mol. The summed E-state index contributed by atoms with van der Waals surface area (Å²) in [6, 6.07) is 17.9. The van der Waals surface area contributed by atoms with Crippen molar-refractivity contribution in [3.8, 4) is 0 Å². The van der Waals surface area contributed by atoms with E-state index < -0.39 is 0 Å². The van der Waals surface area contributed by atoms with E-state index in [0.29, 0.717) is 25.5 Å². The molecule has 0 unspecified atom stereocenters. The van der Waals surface area contributed by atoms with Crippen molar-refractivity contribution in [1.82, 2.24) is 15.5 Å². The van der Waals surface area contributed by atoms with Gasteiger partial charge in [0, 0.05) is 39.3 Å². The average molecular weight is 408 g/mol. The second kappa shape index (κ2) is 10.4. The van der Waals surface area contributed by atoms with Crippen LogP contribution >= 0.6 is 0 Å². The van der Waals surface area contributed by atoms with Crippen molar-refractivity contribution in [2.45, 2.75) is 25.9 Å². The summed E-state index contributed by atoms with van der Waals surface area (Å²) in [5, 5.41) is 6.38. The molecule has 0 bridgehead atoms. The van der Waals surface area contributed by atoms with Gasteiger partial charge in [-0.1, -0.05) is 42.5 Å². The summed E-state index contributed by atoms with van der Waals surface area (Å²) in [6.45, 7) is 2.04. The molecule has 1 saturated heterocycles. The summed E-state index contributed by atoms with van der Waals surface area (Å²) in [5.41, 5.74) is 3.10. The zero-order valence-electron chi connectivity index (χ0n) is 17.6. The van der Waals surface area contributed by atoms with E-state index in [9.17, 15) is 9.59 Å². The fourth-order valence-electron chi connectivity index (χ4n) is 3.15. The SMILES string of the molecule is CN(C)C(=O)CNC(=NCc1ccccc1)NCc1ccc(N2CCCC2=O)cc1. The number of nitrogens with one attached hydrogen (secondary N) is 2. The quantitative estimate of drug-likeness (QED) is 0.545. The first kappa shape index (κ1) is 21.4. The molecule has 1 aliphatic rings. The minimum atomic E-state index is -0.0242. The molecule has 0 radical (unpaired) electrons. The van der Waals surface area contributed by atoms with Gasteiger partial charge in [0.1, 0.15) is 0 Å². The molecule has 7 heteroatoms. The minimum absolute atomic E-state index is 0.0242. The summed E-state index contributed by atoms with van der Waals surface area (Å²) >= 11 is 0. The fourth-order valence-corrected chi connectivity index (χ4v) is 3.15. The highest BCUT2D eigenvalue weighted by Crippen LogP contribution is 2.21. The summed E-state index contributed by atoms with van der Waals surface area (Å²) in [4.78, 5) is 31.8. The number of hydrogen-bond donors (Lipinski definition) is 2. The Labute approximate surface area is 177 Å². The predicted molar refractivity (Wildman–Crippen MR) is 119 cm³/mol. The first-order valence-electron chi connectivity index (χ1n) is 10.2. The van der Waals surface area contributed by atoms with Crippen LogP contribution in [0.25, 0.3) is 0 Å². The van der Waals surface area contributed by atoms with E-state index in [2.05, 4.69) is 15.6 Å². The summed E-state index contributed by atoms with van der Waals surface area (Å²) in [7, 11) is 3.45. The molecule has 2 N–H and O–H groups in total. The van der Waals surface area contributed by atoms with Crippen molar-refractivity contribution in [1.29, 1.82) is 0 Å².